The summed E-state index contributed by atoms with van der Waals surface area (Å²) in [6.07, 6.45) is 0.336. The summed E-state index contributed by atoms with van der Waals surface area (Å²) >= 11 is 5.94. The van der Waals surface area contributed by atoms with E-state index >= 15 is 0 Å². The van der Waals surface area contributed by atoms with Gasteiger partial charge in [0.2, 0.25) is 5.91 Å². The quantitative estimate of drug-likeness (QED) is 0.488. The predicted octanol–water partition coefficient (Wildman–Crippen LogP) is 6.48. The number of amides is 1. The zero-order valence-corrected chi connectivity index (χ0v) is 16.4. The normalized spacial score (nSPS) is 11.9. The molecule has 1 amide bonds. The van der Waals surface area contributed by atoms with Crippen molar-refractivity contribution in [2.24, 2.45) is 0 Å². The third-order valence-electron chi connectivity index (χ3n) is 4.70. The SMILES string of the molecule is CCc1c(F)cccc1NC(=O)CC(c1ccc(Cl)cc1)c1cc(F)cc(F)c1. The molecule has 0 aliphatic heterocycles. The molecular formula is C23H19ClF3NO. The Morgan fingerprint density at radius 3 is 2.24 bits per heavy atom. The van der Waals surface area contributed by atoms with Crippen LogP contribution in [0.2, 0.25) is 5.02 Å². The highest BCUT2D eigenvalue weighted by Gasteiger charge is 2.21. The lowest BCUT2D eigenvalue weighted by Crippen LogP contribution is -2.18. The van der Waals surface area contributed by atoms with Crippen molar-refractivity contribution in [2.75, 3.05) is 5.32 Å². The maximum Gasteiger partial charge on any atom is 0.225 e. The van der Waals surface area contributed by atoms with Crippen molar-refractivity contribution in [2.45, 2.75) is 25.7 Å². The first-order valence-electron chi connectivity index (χ1n) is 9.16. The van der Waals surface area contributed by atoms with Crippen LogP contribution in [0, 0.1) is 17.5 Å². The molecule has 0 spiro atoms. The minimum absolute atomic E-state index is 0.0792. The molecule has 0 aliphatic rings. The predicted molar refractivity (Wildman–Crippen MR) is 109 cm³/mol. The number of carbonyl (C=O) groups excluding carboxylic acids is 1. The summed E-state index contributed by atoms with van der Waals surface area (Å²) in [6, 6.07) is 14.4. The number of carbonyl (C=O) groups is 1. The van der Waals surface area contributed by atoms with Gasteiger partial charge in [0, 0.05) is 34.7 Å². The number of anilines is 1. The average Bonchev–Trinajstić information content (AvgIpc) is 2.66. The molecule has 0 aliphatic carbocycles. The Morgan fingerprint density at radius 1 is 0.966 bits per heavy atom. The maximum absolute atomic E-state index is 14.0. The van der Waals surface area contributed by atoms with Crippen LogP contribution in [0.4, 0.5) is 18.9 Å². The lowest BCUT2D eigenvalue weighted by Gasteiger charge is -2.19. The molecule has 1 unspecified atom stereocenters. The van der Waals surface area contributed by atoms with E-state index in [1.165, 1.54) is 24.3 Å². The van der Waals surface area contributed by atoms with Crippen LogP contribution < -0.4 is 5.32 Å². The minimum Gasteiger partial charge on any atom is -0.326 e. The molecule has 0 saturated carbocycles. The van der Waals surface area contributed by atoms with Crippen LogP contribution in [0.1, 0.15) is 36.0 Å². The topological polar surface area (TPSA) is 29.1 Å². The monoisotopic (exact) mass is 417 g/mol. The molecule has 0 fully saturated rings. The van der Waals surface area contributed by atoms with E-state index in [9.17, 15) is 18.0 Å². The third kappa shape index (κ3) is 5.18. The van der Waals surface area contributed by atoms with E-state index in [1.807, 2.05) is 0 Å². The molecule has 150 valence electrons. The molecule has 0 bridgehead atoms. The standard InChI is InChI=1S/C23H19ClF3NO/c1-2-19-21(27)4-3-5-22(19)28-23(29)13-20(14-6-8-16(24)9-7-14)15-10-17(25)12-18(26)11-15/h3-12,20H,2,13H2,1H3,(H,28,29). The van der Waals surface area contributed by atoms with Crippen LogP contribution in [0.15, 0.2) is 60.7 Å². The van der Waals surface area contributed by atoms with Crippen molar-refractivity contribution >= 4 is 23.2 Å². The molecule has 3 aromatic carbocycles. The molecule has 1 N–H and O–H groups in total. The second-order valence-corrected chi connectivity index (χ2v) is 7.12. The van der Waals surface area contributed by atoms with Gasteiger partial charge in [-0.15, -0.1) is 0 Å². The van der Waals surface area contributed by atoms with E-state index in [0.29, 0.717) is 33.8 Å². The van der Waals surface area contributed by atoms with Crippen molar-refractivity contribution in [3.05, 3.63) is 99.8 Å². The highest BCUT2D eigenvalue weighted by molar-refractivity contribution is 6.30. The van der Waals surface area contributed by atoms with E-state index in [1.54, 1.807) is 37.3 Å². The summed E-state index contributed by atoms with van der Waals surface area (Å²) in [6.45, 7) is 1.79. The van der Waals surface area contributed by atoms with Gasteiger partial charge in [-0.25, -0.2) is 13.2 Å². The number of benzene rings is 3. The van der Waals surface area contributed by atoms with Crippen LogP contribution in [0.3, 0.4) is 0 Å². The maximum atomic E-state index is 14.0. The molecule has 0 aromatic heterocycles. The molecule has 29 heavy (non-hydrogen) atoms. The second-order valence-electron chi connectivity index (χ2n) is 6.68. The zero-order valence-electron chi connectivity index (χ0n) is 15.7. The van der Waals surface area contributed by atoms with Crippen LogP contribution in [-0.2, 0) is 11.2 Å². The molecule has 2 nitrogen and oxygen atoms in total. The van der Waals surface area contributed by atoms with Gasteiger partial charge in [0.25, 0.3) is 0 Å². The van der Waals surface area contributed by atoms with Crippen molar-refractivity contribution in [3.8, 4) is 0 Å². The van der Waals surface area contributed by atoms with Crippen molar-refractivity contribution in [1.29, 1.82) is 0 Å². The molecule has 0 saturated heterocycles. The third-order valence-corrected chi connectivity index (χ3v) is 4.95. The van der Waals surface area contributed by atoms with Crippen LogP contribution >= 0.6 is 11.6 Å². The van der Waals surface area contributed by atoms with Gasteiger partial charge >= 0.3 is 0 Å². The lowest BCUT2D eigenvalue weighted by molar-refractivity contribution is -0.116. The molecule has 0 heterocycles. The summed E-state index contributed by atoms with van der Waals surface area (Å²) in [4.78, 5) is 12.7. The van der Waals surface area contributed by atoms with Crippen molar-refractivity contribution in [3.63, 3.8) is 0 Å². The molecule has 3 aromatic rings. The van der Waals surface area contributed by atoms with E-state index in [-0.39, 0.29) is 6.42 Å². The van der Waals surface area contributed by atoms with Gasteiger partial charge in [0.05, 0.1) is 0 Å². The summed E-state index contributed by atoms with van der Waals surface area (Å²) in [5.74, 6) is -2.84. The first-order chi connectivity index (χ1) is 13.9. The first-order valence-corrected chi connectivity index (χ1v) is 9.54. The second kappa shape index (κ2) is 9.14. The molecule has 1 atom stereocenters. The summed E-state index contributed by atoms with van der Waals surface area (Å²) in [7, 11) is 0. The fraction of sp³-hybridized carbons (Fsp3) is 0.174. The first kappa shape index (κ1) is 20.9. The van der Waals surface area contributed by atoms with Gasteiger partial charge in [-0.05, 0) is 53.9 Å². The Kier molecular flexibility index (Phi) is 6.60. The van der Waals surface area contributed by atoms with Crippen LogP contribution in [0.25, 0.3) is 0 Å². The number of hydrogen-bond donors (Lipinski definition) is 1. The summed E-state index contributed by atoms with van der Waals surface area (Å²) in [5.41, 5.74) is 1.80. The Morgan fingerprint density at radius 2 is 1.62 bits per heavy atom. The number of nitrogens with one attached hydrogen (secondary N) is 1. The highest BCUT2D eigenvalue weighted by atomic mass is 35.5. The Balaban J connectivity index is 1.92. The highest BCUT2D eigenvalue weighted by Crippen LogP contribution is 2.31. The van der Waals surface area contributed by atoms with Gasteiger partial charge in [-0.1, -0.05) is 36.7 Å². The van der Waals surface area contributed by atoms with Gasteiger partial charge in [-0.3, -0.25) is 4.79 Å². The van der Waals surface area contributed by atoms with Crippen LogP contribution in [-0.4, -0.2) is 5.91 Å². The summed E-state index contributed by atoms with van der Waals surface area (Å²) < 4.78 is 41.6. The Labute approximate surface area is 172 Å². The molecular weight excluding hydrogens is 399 g/mol. The van der Waals surface area contributed by atoms with Crippen LogP contribution in [0.5, 0.6) is 0 Å². The van der Waals surface area contributed by atoms with Gasteiger partial charge in [-0.2, -0.15) is 0 Å². The minimum atomic E-state index is -0.724. The lowest BCUT2D eigenvalue weighted by atomic mass is 9.88. The average molecular weight is 418 g/mol. The van der Waals surface area contributed by atoms with Gasteiger partial charge in [0.1, 0.15) is 17.5 Å². The fourth-order valence-electron chi connectivity index (χ4n) is 3.32. The number of rotatable bonds is 6. The Hall–Kier alpha value is -2.79. The smallest absolute Gasteiger partial charge is 0.225 e. The zero-order chi connectivity index (χ0) is 21.0. The van der Waals surface area contributed by atoms with Crippen molar-refractivity contribution < 1.29 is 18.0 Å². The number of hydrogen-bond acceptors (Lipinski definition) is 1. The van der Waals surface area contributed by atoms with Gasteiger partial charge < -0.3 is 5.32 Å². The van der Waals surface area contributed by atoms with Gasteiger partial charge in [0.15, 0.2) is 0 Å². The van der Waals surface area contributed by atoms with Crippen molar-refractivity contribution in [1.82, 2.24) is 0 Å². The van der Waals surface area contributed by atoms with E-state index in [2.05, 4.69) is 5.32 Å². The van der Waals surface area contributed by atoms with E-state index in [4.69, 9.17) is 11.6 Å². The molecule has 3 rings (SSSR count). The molecule has 6 heteroatoms. The largest absolute Gasteiger partial charge is 0.326 e. The fourth-order valence-corrected chi connectivity index (χ4v) is 3.45. The number of halogens is 4. The van der Waals surface area contributed by atoms with E-state index < -0.39 is 29.3 Å². The summed E-state index contributed by atoms with van der Waals surface area (Å²) in [5, 5.41) is 3.23. The van der Waals surface area contributed by atoms with E-state index in [0.717, 1.165) is 6.07 Å². The Bertz CT molecular complexity index is 1000. The molecule has 0 radical (unpaired) electrons.